The van der Waals surface area contributed by atoms with E-state index in [0.29, 0.717) is 5.56 Å². The van der Waals surface area contributed by atoms with Gasteiger partial charge in [0.15, 0.2) is 0 Å². The predicted octanol–water partition coefficient (Wildman–Crippen LogP) is 3.09. The molecular weight excluding hydrogens is 287 g/mol. The molecule has 16 heavy (non-hydrogen) atoms. The van der Waals surface area contributed by atoms with Gasteiger partial charge in [0.05, 0.1) is 6.10 Å². The van der Waals surface area contributed by atoms with Gasteiger partial charge < -0.3 is 5.11 Å². The van der Waals surface area contributed by atoms with Crippen LogP contribution in [0.3, 0.4) is 0 Å². The fourth-order valence-electron chi connectivity index (χ4n) is 1.27. The van der Waals surface area contributed by atoms with Crippen molar-refractivity contribution in [3.63, 3.8) is 0 Å². The minimum Gasteiger partial charge on any atom is -0.393 e. The van der Waals surface area contributed by atoms with E-state index in [-0.39, 0.29) is 12.8 Å². The van der Waals surface area contributed by atoms with Gasteiger partial charge >= 0.3 is 6.18 Å². The molecule has 0 saturated carbocycles. The van der Waals surface area contributed by atoms with Crippen molar-refractivity contribution in [2.75, 3.05) is 0 Å². The molecule has 90 valence electrons. The number of hydrogen-bond acceptors (Lipinski definition) is 2. The lowest BCUT2D eigenvalue weighted by Gasteiger charge is -2.12. The number of aliphatic hydroxyl groups excluding tert-OH is 1. The molecule has 0 aromatic carbocycles. The number of halogens is 4. The van der Waals surface area contributed by atoms with Crippen LogP contribution in [0.25, 0.3) is 0 Å². The van der Waals surface area contributed by atoms with E-state index in [4.69, 9.17) is 0 Å². The first-order valence-corrected chi connectivity index (χ1v) is 5.50. The SMILES string of the molecule is OC(CCC(F)(F)F)Cc1cncc(Br)c1. The van der Waals surface area contributed by atoms with E-state index in [1.54, 1.807) is 12.3 Å². The Morgan fingerprint density at radius 3 is 2.62 bits per heavy atom. The highest BCUT2D eigenvalue weighted by Gasteiger charge is 2.27. The molecular formula is C10H11BrF3NO. The Hall–Kier alpha value is -0.620. The molecule has 0 aliphatic carbocycles. The van der Waals surface area contributed by atoms with E-state index in [1.165, 1.54) is 6.20 Å². The van der Waals surface area contributed by atoms with Crippen molar-refractivity contribution in [2.45, 2.75) is 31.5 Å². The second-order valence-electron chi connectivity index (χ2n) is 3.52. The molecule has 1 aromatic heterocycles. The van der Waals surface area contributed by atoms with Crippen molar-refractivity contribution in [1.82, 2.24) is 4.98 Å². The van der Waals surface area contributed by atoms with Gasteiger partial charge in [-0.2, -0.15) is 13.2 Å². The first-order valence-electron chi connectivity index (χ1n) is 4.71. The van der Waals surface area contributed by atoms with Crippen molar-refractivity contribution in [1.29, 1.82) is 0 Å². The third-order valence-corrected chi connectivity index (χ3v) is 2.43. The average molecular weight is 298 g/mol. The fraction of sp³-hybridized carbons (Fsp3) is 0.500. The lowest BCUT2D eigenvalue weighted by Crippen LogP contribution is -2.16. The second-order valence-corrected chi connectivity index (χ2v) is 4.44. The summed E-state index contributed by atoms with van der Waals surface area (Å²) < 4.78 is 36.4. The minimum absolute atomic E-state index is 0.183. The van der Waals surface area contributed by atoms with Crippen molar-refractivity contribution < 1.29 is 18.3 Å². The van der Waals surface area contributed by atoms with Gasteiger partial charge in [-0.25, -0.2) is 0 Å². The lowest BCUT2D eigenvalue weighted by molar-refractivity contribution is -0.139. The largest absolute Gasteiger partial charge is 0.393 e. The summed E-state index contributed by atoms with van der Waals surface area (Å²) in [6, 6.07) is 1.73. The first-order chi connectivity index (χ1) is 7.37. The Morgan fingerprint density at radius 1 is 1.38 bits per heavy atom. The maximum Gasteiger partial charge on any atom is 0.389 e. The summed E-state index contributed by atoms with van der Waals surface area (Å²) in [6.07, 6.45) is -3.16. The molecule has 6 heteroatoms. The van der Waals surface area contributed by atoms with Crippen LogP contribution in [0.1, 0.15) is 18.4 Å². The van der Waals surface area contributed by atoms with Crippen molar-refractivity contribution >= 4 is 15.9 Å². The molecule has 1 atom stereocenters. The summed E-state index contributed by atoms with van der Waals surface area (Å²) in [5.74, 6) is 0. The van der Waals surface area contributed by atoms with Crippen molar-refractivity contribution in [2.24, 2.45) is 0 Å². The summed E-state index contributed by atoms with van der Waals surface area (Å²) in [6.45, 7) is 0. The van der Waals surface area contributed by atoms with Crippen LogP contribution >= 0.6 is 15.9 Å². The summed E-state index contributed by atoms with van der Waals surface area (Å²) in [5.41, 5.74) is 0.712. The zero-order chi connectivity index (χ0) is 12.2. The zero-order valence-electron chi connectivity index (χ0n) is 8.34. The van der Waals surface area contributed by atoms with Gasteiger partial charge in [-0.3, -0.25) is 4.98 Å². The lowest BCUT2D eigenvalue weighted by atomic mass is 10.1. The topological polar surface area (TPSA) is 33.1 Å². The maximum absolute atomic E-state index is 11.9. The van der Waals surface area contributed by atoms with E-state index < -0.39 is 18.7 Å². The highest BCUT2D eigenvalue weighted by atomic mass is 79.9. The van der Waals surface area contributed by atoms with Crippen LogP contribution in [0.5, 0.6) is 0 Å². The molecule has 0 fully saturated rings. The molecule has 0 spiro atoms. The Morgan fingerprint density at radius 2 is 2.06 bits per heavy atom. The van der Waals surface area contributed by atoms with Gasteiger partial charge in [-0.1, -0.05) is 0 Å². The van der Waals surface area contributed by atoms with Crippen LogP contribution in [0.15, 0.2) is 22.9 Å². The highest BCUT2D eigenvalue weighted by Crippen LogP contribution is 2.23. The maximum atomic E-state index is 11.9. The van der Waals surface area contributed by atoms with Crippen LogP contribution in [0.2, 0.25) is 0 Å². The third-order valence-electron chi connectivity index (χ3n) is 1.99. The number of aromatic nitrogens is 1. The molecule has 1 N–H and O–H groups in total. The van der Waals surface area contributed by atoms with Gasteiger partial charge in [0.2, 0.25) is 0 Å². The van der Waals surface area contributed by atoms with Crippen LogP contribution in [0, 0.1) is 0 Å². The van der Waals surface area contributed by atoms with Crippen LogP contribution in [0.4, 0.5) is 13.2 Å². The third kappa shape index (κ3) is 5.46. The number of pyridine rings is 1. The Balaban J connectivity index is 2.43. The molecule has 1 unspecified atom stereocenters. The van der Waals surface area contributed by atoms with Crippen LogP contribution < -0.4 is 0 Å². The van der Waals surface area contributed by atoms with E-state index in [1.807, 2.05) is 0 Å². The number of alkyl halides is 3. The molecule has 0 amide bonds. The molecule has 0 saturated heterocycles. The standard InChI is InChI=1S/C10H11BrF3NO/c11-8-3-7(5-15-6-8)4-9(16)1-2-10(12,13)14/h3,5-6,9,16H,1-2,4H2. The average Bonchev–Trinajstić information content (AvgIpc) is 2.14. The van der Waals surface area contributed by atoms with Crippen LogP contribution in [-0.4, -0.2) is 22.4 Å². The highest BCUT2D eigenvalue weighted by molar-refractivity contribution is 9.10. The van der Waals surface area contributed by atoms with Gasteiger partial charge in [-0.15, -0.1) is 0 Å². The quantitative estimate of drug-likeness (QED) is 0.926. The monoisotopic (exact) mass is 297 g/mol. The minimum atomic E-state index is -4.21. The van der Waals surface area contributed by atoms with E-state index in [0.717, 1.165) is 4.47 Å². The van der Waals surface area contributed by atoms with E-state index in [9.17, 15) is 18.3 Å². The normalized spacial score (nSPS) is 13.8. The summed E-state index contributed by atoms with van der Waals surface area (Å²) >= 11 is 3.20. The van der Waals surface area contributed by atoms with Crippen LogP contribution in [-0.2, 0) is 6.42 Å². The predicted molar refractivity (Wildman–Crippen MR) is 56.9 cm³/mol. The molecule has 2 nitrogen and oxygen atoms in total. The molecule has 0 bridgehead atoms. The molecule has 1 rings (SSSR count). The van der Waals surface area contributed by atoms with Crippen molar-refractivity contribution in [3.8, 4) is 0 Å². The molecule has 0 aliphatic rings. The zero-order valence-corrected chi connectivity index (χ0v) is 9.92. The van der Waals surface area contributed by atoms with Gasteiger partial charge in [-0.05, 0) is 40.4 Å². The van der Waals surface area contributed by atoms with Gasteiger partial charge in [0, 0.05) is 23.3 Å². The first kappa shape index (κ1) is 13.4. The molecule has 0 radical (unpaired) electrons. The van der Waals surface area contributed by atoms with Gasteiger partial charge in [0.25, 0.3) is 0 Å². The Bertz CT molecular complexity index is 343. The smallest absolute Gasteiger partial charge is 0.389 e. The summed E-state index contributed by atoms with van der Waals surface area (Å²) in [5, 5.41) is 9.41. The summed E-state index contributed by atoms with van der Waals surface area (Å²) in [7, 11) is 0. The number of nitrogens with zero attached hydrogens (tertiary/aromatic N) is 1. The number of hydrogen-bond donors (Lipinski definition) is 1. The summed E-state index contributed by atoms with van der Waals surface area (Å²) in [4.78, 5) is 3.87. The number of rotatable bonds is 4. The van der Waals surface area contributed by atoms with E-state index >= 15 is 0 Å². The van der Waals surface area contributed by atoms with Gasteiger partial charge in [0.1, 0.15) is 0 Å². The van der Waals surface area contributed by atoms with Crippen molar-refractivity contribution in [3.05, 3.63) is 28.5 Å². The molecule has 1 aromatic rings. The fourth-order valence-corrected chi connectivity index (χ4v) is 1.68. The Kier molecular flexibility index (Phi) is 4.73. The van der Waals surface area contributed by atoms with E-state index in [2.05, 4.69) is 20.9 Å². The Labute approximate surface area is 99.6 Å². The molecule has 1 heterocycles. The number of aliphatic hydroxyl groups is 1. The second kappa shape index (κ2) is 5.63. The molecule has 0 aliphatic heterocycles.